The van der Waals surface area contributed by atoms with E-state index in [9.17, 15) is 9.18 Å². The molecule has 1 aromatic rings. The van der Waals surface area contributed by atoms with E-state index in [1.807, 2.05) is 6.92 Å². The molecule has 0 bridgehead atoms. The summed E-state index contributed by atoms with van der Waals surface area (Å²) >= 11 is 0. The molecule has 0 spiro atoms. The molecule has 0 heterocycles. The van der Waals surface area contributed by atoms with Gasteiger partial charge >= 0.3 is 0 Å². The van der Waals surface area contributed by atoms with Crippen LogP contribution >= 0.6 is 12.4 Å². The van der Waals surface area contributed by atoms with Crippen LogP contribution in [0.4, 0.5) is 10.1 Å². The molecule has 2 unspecified atom stereocenters. The predicted molar refractivity (Wildman–Crippen MR) is 72.3 cm³/mol. The van der Waals surface area contributed by atoms with Crippen LogP contribution in [-0.2, 0) is 4.79 Å². The van der Waals surface area contributed by atoms with E-state index < -0.39 is 0 Å². The lowest BCUT2D eigenvalue weighted by molar-refractivity contribution is -0.119. The monoisotopic (exact) mass is 272 g/mol. The number of amides is 1. The number of rotatable bonds is 2. The SMILES string of the molecule is Cc1ccc(F)cc1NC(=O)C1CCC(N)C1.Cl. The highest BCUT2D eigenvalue weighted by atomic mass is 35.5. The Hall–Kier alpha value is -1.13. The van der Waals surface area contributed by atoms with E-state index >= 15 is 0 Å². The van der Waals surface area contributed by atoms with Gasteiger partial charge in [0.25, 0.3) is 0 Å². The molecule has 1 saturated carbocycles. The van der Waals surface area contributed by atoms with Crippen LogP contribution in [0.25, 0.3) is 0 Å². The molecule has 2 rings (SSSR count). The van der Waals surface area contributed by atoms with Crippen molar-refractivity contribution in [1.82, 2.24) is 0 Å². The third-order valence-electron chi connectivity index (χ3n) is 3.30. The first kappa shape index (κ1) is 14.9. The van der Waals surface area contributed by atoms with Crippen molar-refractivity contribution >= 4 is 24.0 Å². The van der Waals surface area contributed by atoms with Gasteiger partial charge in [-0.25, -0.2) is 4.39 Å². The van der Waals surface area contributed by atoms with Crippen LogP contribution in [0.2, 0.25) is 0 Å². The molecule has 18 heavy (non-hydrogen) atoms. The molecular weight excluding hydrogens is 255 g/mol. The Balaban J connectivity index is 0.00000162. The van der Waals surface area contributed by atoms with Crippen molar-refractivity contribution in [3.63, 3.8) is 0 Å². The number of carbonyl (C=O) groups excluding carboxylic acids is 1. The van der Waals surface area contributed by atoms with Crippen molar-refractivity contribution in [3.05, 3.63) is 29.6 Å². The van der Waals surface area contributed by atoms with Crippen molar-refractivity contribution in [2.75, 3.05) is 5.32 Å². The quantitative estimate of drug-likeness (QED) is 0.870. The molecule has 100 valence electrons. The number of halogens is 2. The van der Waals surface area contributed by atoms with Crippen molar-refractivity contribution in [2.24, 2.45) is 11.7 Å². The zero-order valence-corrected chi connectivity index (χ0v) is 11.1. The fourth-order valence-corrected chi connectivity index (χ4v) is 2.22. The van der Waals surface area contributed by atoms with E-state index in [-0.39, 0.29) is 36.1 Å². The Kier molecular flexibility index (Phi) is 5.11. The first-order valence-electron chi connectivity index (χ1n) is 5.89. The molecule has 0 radical (unpaired) electrons. The fourth-order valence-electron chi connectivity index (χ4n) is 2.22. The number of anilines is 1. The van der Waals surface area contributed by atoms with Crippen molar-refractivity contribution < 1.29 is 9.18 Å². The normalized spacial score (nSPS) is 22.4. The lowest BCUT2D eigenvalue weighted by Crippen LogP contribution is -2.23. The first-order valence-corrected chi connectivity index (χ1v) is 5.89. The second kappa shape index (κ2) is 6.16. The van der Waals surface area contributed by atoms with Gasteiger partial charge in [-0.2, -0.15) is 0 Å². The van der Waals surface area contributed by atoms with Gasteiger partial charge in [-0.3, -0.25) is 4.79 Å². The fraction of sp³-hybridized carbons (Fsp3) is 0.462. The highest BCUT2D eigenvalue weighted by molar-refractivity contribution is 5.93. The molecule has 1 fully saturated rings. The van der Waals surface area contributed by atoms with Gasteiger partial charge in [-0.05, 0) is 43.9 Å². The molecule has 3 nitrogen and oxygen atoms in total. The second-order valence-corrected chi connectivity index (χ2v) is 4.72. The van der Waals surface area contributed by atoms with Crippen molar-refractivity contribution in [1.29, 1.82) is 0 Å². The lowest BCUT2D eigenvalue weighted by atomic mass is 10.1. The van der Waals surface area contributed by atoms with Gasteiger partial charge in [0.2, 0.25) is 5.91 Å². The summed E-state index contributed by atoms with van der Waals surface area (Å²) in [5.74, 6) is -0.423. The van der Waals surface area contributed by atoms with Gasteiger partial charge < -0.3 is 11.1 Å². The number of nitrogens with two attached hydrogens (primary N) is 1. The molecule has 0 aromatic heterocycles. The Labute approximate surface area is 112 Å². The van der Waals surface area contributed by atoms with Crippen LogP contribution in [0.3, 0.4) is 0 Å². The molecule has 1 aromatic carbocycles. The Bertz CT molecular complexity index is 439. The average Bonchev–Trinajstić information content (AvgIpc) is 2.70. The van der Waals surface area contributed by atoms with Crippen LogP contribution in [0.1, 0.15) is 24.8 Å². The summed E-state index contributed by atoms with van der Waals surface area (Å²) in [6, 6.07) is 4.52. The summed E-state index contributed by atoms with van der Waals surface area (Å²) < 4.78 is 13.1. The summed E-state index contributed by atoms with van der Waals surface area (Å²) in [6.07, 6.45) is 2.43. The number of carbonyl (C=O) groups is 1. The molecular formula is C13H18ClFN2O. The molecule has 3 N–H and O–H groups in total. The van der Waals surface area contributed by atoms with Gasteiger partial charge in [-0.1, -0.05) is 6.07 Å². The zero-order chi connectivity index (χ0) is 12.4. The summed E-state index contributed by atoms with van der Waals surface area (Å²) in [7, 11) is 0. The van der Waals surface area contributed by atoms with Gasteiger partial charge in [0.1, 0.15) is 5.82 Å². The first-order chi connectivity index (χ1) is 8.06. The molecule has 5 heteroatoms. The van der Waals surface area contributed by atoms with Crippen LogP contribution in [0, 0.1) is 18.7 Å². The Morgan fingerprint density at radius 2 is 2.17 bits per heavy atom. The largest absolute Gasteiger partial charge is 0.328 e. The van der Waals surface area contributed by atoms with Crippen LogP contribution in [-0.4, -0.2) is 11.9 Å². The molecule has 1 aliphatic carbocycles. The van der Waals surface area contributed by atoms with Crippen LogP contribution in [0.15, 0.2) is 18.2 Å². The topological polar surface area (TPSA) is 55.1 Å². The maximum Gasteiger partial charge on any atom is 0.227 e. The molecule has 1 amide bonds. The lowest BCUT2D eigenvalue weighted by Gasteiger charge is -2.12. The van der Waals surface area contributed by atoms with E-state index in [0.29, 0.717) is 5.69 Å². The number of nitrogens with one attached hydrogen (secondary N) is 1. The van der Waals surface area contributed by atoms with E-state index in [4.69, 9.17) is 5.73 Å². The van der Waals surface area contributed by atoms with Gasteiger partial charge in [-0.15, -0.1) is 12.4 Å². The van der Waals surface area contributed by atoms with E-state index in [0.717, 1.165) is 24.8 Å². The zero-order valence-electron chi connectivity index (χ0n) is 10.3. The smallest absolute Gasteiger partial charge is 0.227 e. The van der Waals surface area contributed by atoms with Gasteiger partial charge in [0, 0.05) is 17.6 Å². The van der Waals surface area contributed by atoms with Crippen LogP contribution < -0.4 is 11.1 Å². The third-order valence-corrected chi connectivity index (χ3v) is 3.30. The minimum absolute atomic E-state index is 0. The summed E-state index contributed by atoms with van der Waals surface area (Å²) in [6.45, 7) is 1.84. The second-order valence-electron chi connectivity index (χ2n) is 4.72. The maximum atomic E-state index is 13.1. The van der Waals surface area contributed by atoms with Crippen molar-refractivity contribution in [2.45, 2.75) is 32.2 Å². The standard InChI is InChI=1S/C13H17FN2O.ClH/c1-8-2-4-10(14)7-12(8)16-13(17)9-3-5-11(15)6-9;/h2,4,7,9,11H,3,5-6,15H2,1H3,(H,16,17);1H. The van der Waals surface area contributed by atoms with E-state index in [2.05, 4.69) is 5.32 Å². The minimum Gasteiger partial charge on any atom is -0.328 e. The maximum absolute atomic E-state index is 13.1. The van der Waals surface area contributed by atoms with Crippen LogP contribution in [0.5, 0.6) is 0 Å². The molecule has 1 aliphatic rings. The van der Waals surface area contributed by atoms with E-state index in [1.54, 1.807) is 6.07 Å². The predicted octanol–water partition coefficient (Wildman–Crippen LogP) is 2.62. The summed E-state index contributed by atoms with van der Waals surface area (Å²) in [5, 5.41) is 2.78. The summed E-state index contributed by atoms with van der Waals surface area (Å²) in [4.78, 5) is 11.9. The third kappa shape index (κ3) is 3.43. The molecule has 2 atom stereocenters. The number of aryl methyl sites for hydroxylation is 1. The molecule has 0 saturated heterocycles. The Morgan fingerprint density at radius 3 is 2.78 bits per heavy atom. The highest BCUT2D eigenvalue weighted by Gasteiger charge is 2.27. The Morgan fingerprint density at radius 1 is 1.44 bits per heavy atom. The average molecular weight is 273 g/mol. The summed E-state index contributed by atoms with van der Waals surface area (Å²) in [5.41, 5.74) is 7.18. The van der Waals surface area contributed by atoms with Gasteiger partial charge in [0.05, 0.1) is 0 Å². The number of benzene rings is 1. The van der Waals surface area contributed by atoms with Gasteiger partial charge in [0.15, 0.2) is 0 Å². The molecule has 0 aliphatic heterocycles. The number of hydrogen-bond acceptors (Lipinski definition) is 2. The minimum atomic E-state index is -0.339. The van der Waals surface area contributed by atoms with E-state index in [1.165, 1.54) is 12.1 Å². The highest BCUT2D eigenvalue weighted by Crippen LogP contribution is 2.26. The van der Waals surface area contributed by atoms with Crippen molar-refractivity contribution in [3.8, 4) is 0 Å². The number of hydrogen-bond donors (Lipinski definition) is 2.